The van der Waals surface area contributed by atoms with Gasteiger partial charge in [0, 0.05) is 11.3 Å². The van der Waals surface area contributed by atoms with Crippen molar-refractivity contribution in [3.63, 3.8) is 0 Å². The van der Waals surface area contributed by atoms with E-state index in [2.05, 4.69) is 15.5 Å². The van der Waals surface area contributed by atoms with Crippen LogP contribution >= 0.6 is 0 Å². The quantitative estimate of drug-likeness (QED) is 0.770. The lowest BCUT2D eigenvalue weighted by atomic mass is 10.1. The third-order valence-electron chi connectivity index (χ3n) is 3.39. The smallest absolute Gasteiger partial charge is 0.273 e. The number of rotatable bonds is 3. The Hall–Kier alpha value is -3.02. The van der Waals surface area contributed by atoms with Crippen molar-refractivity contribution in [1.29, 1.82) is 0 Å². The average Bonchev–Trinajstić information content (AvgIpc) is 3.02. The van der Waals surface area contributed by atoms with Crippen LogP contribution in [0, 0.1) is 18.6 Å². The molecule has 0 fully saturated rings. The number of amides is 1. The Bertz CT molecular complexity index is 857. The summed E-state index contributed by atoms with van der Waals surface area (Å²) in [5.41, 5.74) is 2.29. The molecule has 0 atom stereocenters. The van der Waals surface area contributed by atoms with Crippen molar-refractivity contribution in [2.24, 2.45) is 0 Å². The molecule has 2 aromatic carbocycles. The zero-order chi connectivity index (χ0) is 16.4. The van der Waals surface area contributed by atoms with Crippen LogP contribution in [0.15, 0.2) is 48.5 Å². The van der Waals surface area contributed by atoms with Gasteiger partial charge in [-0.1, -0.05) is 6.07 Å². The zero-order valence-electron chi connectivity index (χ0n) is 12.2. The van der Waals surface area contributed by atoms with Crippen molar-refractivity contribution in [1.82, 2.24) is 10.2 Å². The number of hydrogen-bond acceptors (Lipinski definition) is 2. The highest BCUT2D eigenvalue weighted by Crippen LogP contribution is 2.19. The van der Waals surface area contributed by atoms with E-state index in [1.165, 1.54) is 18.2 Å². The topological polar surface area (TPSA) is 57.8 Å². The molecule has 3 rings (SSSR count). The number of benzene rings is 2. The van der Waals surface area contributed by atoms with E-state index in [1.54, 1.807) is 37.3 Å². The summed E-state index contributed by atoms with van der Waals surface area (Å²) in [6.07, 6.45) is 0. The van der Waals surface area contributed by atoms with Gasteiger partial charge in [-0.25, -0.2) is 8.78 Å². The first-order valence-corrected chi connectivity index (χ1v) is 6.92. The molecule has 1 aromatic heterocycles. The molecule has 2 N–H and O–H groups in total. The summed E-state index contributed by atoms with van der Waals surface area (Å²) >= 11 is 0. The largest absolute Gasteiger partial charge is 0.321 e. The van der Waals surface area contributed by atoms with Crippen molar-refractivity contribution in [2.45, 2.75) is 6.92 Å². The van der Waals surface area contributed by atoms with Crippen LogP contribution in [-0.4, -0.2) is 16.1 Å². The molecule has 23 heavy (non-hydrogen) atoms. The van der Waals surface area contributed by atoms with E-state index >= 15 is 0 Å². The van der Waals surface area contributed by atoms with E-state index in [9.17, 15) is 13.6 Å². The summed E-state index contributed by atoms with van der Waals surface area (Å²) in [4.78, 5) is 12.1. The second-order valence-electron chi connectivity index (χ2n) is 5.09. The second kappa shape index (κ2) is 6.00. The summed E-state index contributed by atoms with van der Waals surface area (Å²) < 4.78 is 26.4. The van der Waals surface area contributed by atoms with Crippen molar-refractivity contribution in [3.8, 4) is 11.3 Å². The lowest BCUT2D eigenvalue weighted by molar-refractivity contribution is 0.102. The monoisotopic (exact) mass is 313 g/mol. The molecular formula is C17H13F2N3O. The van der Waals surface area contributed by atoms with Crippen molar-refractivity contribution in [3.05, 3.63) is 71.4 Å². The molecule has 1 heterocycles. The highest BCUT2D eigenvalue weighted by molar-refractivity contribution is 6.03. The van der Waals surface area contributed by atoms with Gasteiger partial charge < -0.3 is 5.32 Å². The maximum Gasteiger partial charge on any atom is 0.273 e. The van der Waals surface area contributed by atoms with Gasteiger partial charge in [0.25, 0.3) is 5.91 Å². The van der Waals surface area contributed by atoms with E-state index in [1.807, 2.05) is 0 Å². The van der Waals surface area contributed by atoms with Crippen LogP contribution in [0.4, 0.5) is 14.5 Å². The van der Waals surface area contributed by atoms with Crippen LogP contribution in [0.2, 0.25) is 0 Å². The lowest BCUT2D eigenvalue weighted by Gasteiger charge is -2.04. The number of nitrogens with zero attached hydrogens (tertiary/aromatic N) is 1. The number of hydrogen-bond donors (Lipinski definition) is 2. The van der Waals surface area contributed by atoms with Gasteiger partial charge in [0.15, 0.2) is 0 Å². The maximum atomic E-state index is 13.5. The first-order chi connectivity index (χ1) is 11.0. The molecule has 116 valence electrons. The molecule has 0 saturated carbocycles. The molecule has 3 aromatic rings. The fourth-order valence-corrected chi connectivity index (χ4v) is 2.08. The lowest BCUT2D eigenvalue weighted by Crippen LogP contribution is -2.12. The number of H-pyrrole nitrogens is 1. The van der Waals surface area contributed by atoms with Crippen LogP contribution in [0.1, 0.15) is 16.1 Å². The van der Waals surface area contributed by atoms with Gasteiger partial charge in [-0.15, -0.1) is 0 Å². The normalized spacial score (nSPS) is 10.6. The summed E-state index contributed by atoms with van der Waals surface area (Å²) in [7, 11) is 0. The third kappa shape index (κ3) is 3.26. The molecule has 0 radical (unpaired) electrons. The van der Waals surface area contributed by atoms with Crippen molar-refractivity contribution in [2.75, 3.05) is 5.32 Å². The van der Waals surface area contributed by atoms with Gasteiger partial charge in [-0.3, -0.25) is 9.89 Å². The number of carbonyl (C=O) groups excluding carboxylic acids is 1. The number of anilines is 1. The Balaban J connectivity index is 1.78. The van der Waals surface area contributed by atoms with Crippen LogP contribution in [-0.2, 0) is 0 Å². The standard InChI is InChI=1S/C17H13F2N3O/c1-10-2-7-13(8-14(10)19)20-17(23)16-9-15(21-22-16)11-3-5-12(18)6-4-11/h2-9H,1H3,(H,20,23)(H,21,22). The number of aryl methyl sites for hydroxylation is 1. The molecule has 0 aliphatic rings. The number of carbonyl (C=O) groups is 1. The Morgan fingerprint density at radius 2 is 1.83 bits per heavy atom. The van der Waals surface area contributed by atoms with Crippen LogP contribution < -0.4 is 5.32 Å². The van der Waals surface area contributed by atoms with Gasteiger partial charge in [-0.05, 0) is 55.0 Å². The SMILES string of the molecule is Cc1ccc(NC(=O)c2cc(-c3ccc(F)cc3)n[nH]2)cc1F. The number of nitrogens with one attached hydrogen (secondary N) is 2. The van der Waals surface area contributed by atoms with E-state index in [-0.39, 0.29) is 17.3 Å². The first-order valence-electron chi connectivity index (χ1n) is 6.92. The van der Waals surface area contributed by atoms with E-state index in [0.717, 1.165) is 0 Å². The fraction of sp³-hybridized carbons (Fsp3) is 0.0588. The third-order valence-corrected chi connectivity index (χ3v) is 3.39. The first kappa shape index (κ1) is 14.9. The van der Waals surface area contributed by atoms with Gasteiger partial charge in [0.05, 0.1) is 5.69 Å². The predicted octanol–water partition coefficient (Wildman–Crippen LogP) is 3.92. The fourth-order valence-electron chi connectivity index (χ4n) is 2.08. The highest BCUT2D eigenvalue weighted by Gasteiger charge is 2.12. The summed E-state index contributed by atoms with van der Waals surface area (Å²) in [6.45, 7) is 1.64. The molecule has 0 saturated heterocycles. The van der Waals surface area contributed by atoms with Crippen molar-refractivity contribution >= 4 is 11.6 Å². The van der Waals surface area contributed by atoms with Gasteiger partial charge in [-0.2, -0.15) is 5.10 Å². The number of aromatic nitrogens is 2. The van der Waals surface area contributed by atoms with E-state index < -0.39 is 5.91 Å². The Kier molecular flexibility index (Phi) is 3.89. The molecule has 0 unspecified atom stereocenters. The van der Waals surface area contributed by atoms with Gasteiger partial charge in [0.1, 0.15) is 17.3 Å². The van der Waals surface area contributed by atoms with Gasteiger partial charge in [0.2, 0.25) is 0 Å². The Labute approximate surface area is 131 Å². The Morgan fingerprint density at radius 1 is 1.09 bits per heavy atom. The summed E-state index contributed by atoms with van der Waals surface area (Å²) in [5, 5.41) is 9.23. The van der Waals surface area contributed by atoms with E-state index in [4.69, 9.17) is 0 Å². The molecule has 0 aliphatic heterocycles. The van der Waals surface area contributed by atoms with Gasteiger partial charge >= 0.3 is 0 Å². The average molecular weight is 313 g/mol. The minimum atomic E-state index is -0.436. The minimum absolute atomic E-state index is 0.227. The minimum Gasteiger partial charge on any atom is -0.321 e. The molecular weight excluding hydrogens is 300 g/mol. The molecule has 1 amide bonds. The van der Waals surface area contributed by atoms with Crippen LogP contribution in [0.5, 0.6) is 0 Å². The summed E-state index contributed by atoms with van der Waals surface area (Å²) in [6, 6.07) is 11.8. The van der Waals surface area contributed by atoms with Crippen molar-refractivity contribution < 1.29 is 13.6 Å². The van der Waals surface area contributed by atoms with Crippen LogP contribution in [0.3, 0.4) is 0 Å². The predicted molar refractivity (Wildman–Crippen MR) is 83.1 cm³/mol. The second-order valence-corrected chi connectivity index (χ2v) is 5.09. The zero-order valence-corrected chi connectivity index (χ0v) is 12.2. The molecule has 0 aliphatic carbocycles. The maximum absolute atomic E-state index is 13.5. The Morgan fingerprint density at radius 3 is 2.52 bits per heavy atom. The molecule has 0 spiro atoms. The molecule has 6 heteroatoms. The molecule has 0 bridgehead atoms. The number of aromatic amines is 1. The van der Waals surface area contributed by atoms with E-state index in [0.29, 0.717) is 22.5 Å². The summed E-state index contributed by atoms with van der Waals surface area (Å²) in [5.74, 6) is -1.17. The highest BCUT2D eigenvalue weighted by atomic mass is 19.1. The number of halogens is 2. The molecule has 4 nitrogen and oxygen atoms in total. The van der Waals surface area contributed by atoms with Crippen LogP contribution in [0.25, 0.3) is 11.3 Å².